The highest BCUT2D eigenvalue weighted by molar-refractivity contribution is 6.21. The van der Waals surface area contributed by atoms with Crippen molar-refractivity contribution in [2.75, 3.05) is 6.54 Å². The van der Waals surface area contributed by atoms with Gasteiger partial charge in [0.15, 0.2) is 0 Å². The molecule has 2 aromatic carbocycles. The van der Waals surface area contributed by atoms with Crippen molar-refractivity contribution in [3.8, 4) is 0 Å². The van der Waals surface area contributed by atoms with Crippen molar-refractivity contribution in [3.63, 3.8) is 0 Å². The van der Waals surface area contributed by atoms with Gasteiger partial charge in [-0.1, -0.05) is 49.0 Å². The van der Waals surface area contributed by atoms with Crippen LogP contribution in [0.3, 0.4) is 0 Å². The fourth-order valence-electron chi connectivity index (χ4n) is 3.27. The van der Waals surface area contributed by atoms with Crippen LogP contribution in [0.1, 0.15) is 38.8 Å². The number of carbonyl (C=O) groups is 3. The van der Waals surface area contributed by atoms with Crippen molar-refractivity contribution in [2.45, 2.75) is 12.5 Å². The Morgan fingerprint density at radius 1 is 0.963 bits per heavy atom. The average molecular weight is 365 g/mol. The Hall–Kier alpha value is -3.25. The van der Waals surface area contributed by atoms with Gasteiger partial charge >= 0.3 is 5.97 Å². The molecule has 27 heavy (non-hydrogen) atoms. The number of aliphatic hydroxyl groups is 1. The second kappa shape index (κ2) is 7.55. The fraction of sp³-hybridized carbons (Fsp3) is 0.190. The molecule has 0 saturated heterocycles. The molecule has 0 bridgehead atoms. The van der Waals surface area contributed by atoms with E-state index < -0.39 is 29.8 Å². The third-order valence-corrected chi connectivity index (χ3v) is 4.79. The minimum atomic E-state index is -1.22. The third kappa shape index (κ3) is 3.52. The first-order valence-electron chi connectivity index (χ1n) is 8.52. The summed E-state index contributed by atoms with van der Waals surface area (Å²) in [4.78, 5) is 37.4. The highest BCUT2D eigenvalue weighted by atomic mass is 16.4. The van der Waals surface area contributed by atoms with Crippen molar-refractivity contribution in [3.05, 3.63) is 83.4 Å². The Bertz CT molecular complexity index is 871. The van der Waals surface area contributed by atoms with Gasteiger partial charge in [0.2, 0.25) is 0 Å². The van der Waals surface area contributed by atoms with Crippen LogP contribution in [0.4, 0.5) is 0 Å². The average Bonchev–Trinajstić information content (AvgIpc) is 2.93. The summed E-state index contributed by atoms with van der Waals surface area (Å²) in [6.45, 7) is 3.57. The molecule has 2 atom stereocenters. The van der Waals surface area contributed by atoms with Crippen LogP contribution >= 0.6 is 0 Å². The highest BCUT2D eigenvalue weighted by Crippen LogP contribution is 2.32. The summed E-state index contributed by atoms with van der Waals surface area (Å²) in [7, 11) is 0. The number of imide groups is 1. The van der Waals surface area contributed by atoms with E-state index in [0.29, 0.717) is 16.7 Å². The SMILES string of the molecule is C=C(C(=O)O)[C@@H](CCN1C(=O)c2ccccc2C1=O)[C@H](O)c1ccccc1. The van der Waals surface area contributed by atoms with Crippen LogP contribution in [0, 0.1) is 5.92 Å². The molecule has 2 amide bonds. The normalized spacial score (nSPS) is 15.4. The maximum atomic E-state index is 12.5. The molecule has 1 heterocycles. The van der Waals surface area contributed by atoms with Gasteiger partial charge in [-0.15, -0.1) is 0 Å². The van der Waals surface area contributed by atoms with Gasteiger partial charge in [0, 0.05) is 18.0 Å². The first kappa shape index (κ1) is 18.5. The lowest BCUT2D eigenvalue weighted by atomic mass is 9.87. The predicted octanol–water partition coefficient (Wildman–Crippen LogP) is 2.66. The van der Waals surface area contributed by atoms with Crippen LogP contribution in [0.2, 0.25) is 0 Å². The third-order valence-electron chi connectivity index (χ3n) is 4.79. The number of nitrogens with zero attached hydrogens (tertiary/aromatic N) is 1. The molecule has 1 aliphatic rings. The molecule has 3 rings (SSSR count). The number of hydrogen-bond donors (Lipinski definition) is 2. The number of benzene rings is 2. The van der Waals surface area contributed by atoms with E-state index in [9.17, 15) is 24.6 Å². The lowest BCUT2D eigenvalue weighted by Gasteiger charge is -2.25. The van der Waals surface area contributed by atoms with E-state index in [1.54, 1.807) is 54.6 Å². The summed E-state index contributed by atoms with van der Waals surface area (Å²) >= 11 is 0. The molecule has 2 N–H and O–H groups in total. The number of rotatable bonds is 7. The van der Waals surface area contributed by atoms with Gasteiger partial charge in [-0.05, 0) is 24.1 Å². The molecular weight excluding hydrogens is 346 g/mol. The van der Waals surface area contributed by atoms with Crippen LogP contribution in [-0.2, 0) is 4.79 Å². The molecule has 0 saturated carbocycles. The number of carbonyl (C=O) groups excluding carboxylic acids is 2. The molecule has 6 heteroatoms. The van der Waals surface area contributed by atoms with Gasteiger partial charge in [0.25, 0.3) is 11.8 Å². The van der Waals surface area contributed by atoms with E-state index in [2.05, 4.69) is 6.58 Å². The molecule has 2 aromatic rings. The van der Waals surface area contributed by atoms with Gasteiger partial charge in [-0.3, -0.25) is 14.5 Å². The summed E-state index contributed by atoms with van der Waals surface area (Å²) in [6, 6.07) is 15.2. The zero-order valence-corrected chi connectivity index (χ0v) is 14.5. The summed E-state index contributed by atoms with van der Waals surface area (Å²) in [5.74, 6) is -2.89. The summed E-state index contributed by atoms with van der Waals surface area (Å²) in [5.41, 5.74) is 1.05. The standard InChI is InChI=1S/C21H19NO5/c1-13(21(26)27)15(18(23)14-7-3-2-4-8-14)11-12-22-19(24)16-9-5-6-10-17(16)20(22)25/h2-10,15,18,23H,1,11-12H2,(H,26,27)/t15-,18-/m1/s1. The van der Waals surface area contributed by atoms with Gasteiger partial charge in [-0.2, -0.15) is 0 Å². The Kier molecular flexibility index (Phi) is 5.19. The Labute approximate surface area is 156 Å². The molecule has 0 fully saturated rings. The van der Waals surface area contributed by atoms with Gasteiger partial charge in [-0.25, -0.2) is 4.79 Å². The number of hydrogen-bond acceptors (Lipinski definition) is 4. The summed E-state index contributed by atoms with van der Waals surface area (Å²) < 4.78 is 0. The molecule has 0 spiro atoms. The van der Waals surface area contributed by atoms with E-state index in [-0.39, 0.29) is 18.5 Å². The Balaban J connectivity index is 1.80. The molecular formula is C21H19NO5. The zero-order valence-electron chi connectivity index (χ0n) is 14.5. The number of carboxylic acid groups (broad SMARTS) is 1. The van der Waals surface area contributed by atoms with Crippen LogP contribution in [0.5, 0.6) is 0 Å². The van der Waals surface area contributed by atoms with Crippen LogP contribution in [-0.4, -0.2) is 39.4 Å². The first-order chi connectivity index (χ1) is 12.9. The number of fused-ring (bicyclic) bond motifs is 1. The van der Waals surface area contributed by atoms with E-state index in [0.717, 1.165) is 4.90 Å². The van der Waals surface area contributed by atoms with E-state index >= 15 is 0 Å². The minimum absolute atomic E-state index is 0.00674. The van der Waals surface area contributed by atoms with Crippen LogP contribution < -0.4 is 0 Å². The quantitative estimate of drug-likeness (QED) is 0.581. The van der Waals surface area contributed by atoms with Gasteiger partial charge < -0.3 is 10.2 Å². The van der Waals surface area contributed by atoms with E-state index in [1.807, 2.05) is 0 Å². The molecule has 0 unspecified atom stereocenters. The van der Waals surface area contributed by atoms with Crippen molar-refractivity contribution < 1.29 is 24.6 Å². The van der Waals surface area contributed by atoms with Crippen LogP contribution in [0.25, 0.3) is 0 Å². The number of aliphatic carboxylic acids is 1. The topological polar surface area (TPSA) is 94.9 Å². The van der Waals surface area contributed by atoms with E-state index in [1.165, 1.54) is 0 Å². The highest BCUT2D eigenvalue weighted by Gasteiger charge is 2.36. The van der Waals surface area contributed by atoms with Crippen molar-refractivity contribution >= 4 is 17.8 Å². The summed E-state index contributed by atoms with van der Waals surface area (Å²) in [6.07, 6.45) is -1.02. The fourth-order valence-corrected chi connectivity index (χ4v) is 3.27. The molecule has 6 nitrogen and oxygen atoms in total. The van der Waals surface area contributed by atoms with Crippen molar-refractivity contribution in [2.24, 2.45) is 5.92 Å². The lowest BCUT2D eigenvalue weighted by molar-refractivity contribution is -0.133. The number of amides is 2. The lowest BCUT2D eigenvalue weighted by Crippen LogP contribution is -2.33. The first-order valence-corrected chi connectivity index (χ1v) is 8.52. The Morgan fingerprint density at radius 3 is 2.00 bits per heavy atom. The molecule has 0 aromatic heterocycles. The maximum Gasteiger partial charge on any atom is 0.331 e. The molecule has 138 valence electrons. The smallest absolute Gasteiger partial charge is 0.331 e. The largest absolute Gasteiger partial charge is 0.478 e. The van der Waals surface area contributed by atoms with Gasteiger partial charge in [0.05, 0.1) is 17.2 Å². The van der Waals surface area contributed by atoms with Gasteiger partial charge in [0.1, 0.15) is 0 Å². The van der Waals surface area contributed by atoms with Crippen LogP contribution in [0.15, 0.2) is 66.7 Å². The molecule has 0 radical (unpaired) electrons. The molecule has 0 aliphatic carbocycles. The minimum Gasteiger partial charge on any atom is -0.478 e. The Morgan fingerprint density at radius 2 is 1.48 bits per heavy atom. The summed E-state index contributed by atoms with van der Waals surface area (Å²) in [5, 5.41) is 20.0. The van der Waals surface area contributed by atoms with E-state index in [4.69, 9.17) is 0 Å². The second-order valence-corrected chi connectivity index (χ2v) is 6.39. The second-order valence-electron chi connectivity index (χ2n) is 6.39. The molecule has 1 aliphatic heterocycles. The maximum absolute atomic E-state index is 12.5. The number of carboxylic acids is 1. The monoisotopic (exact) mass is 365 g/mol. The number of aliphatic hydroxyl groups excluding tert-OH is 1. The zero-order chi connectivity index (χ0) is 19.6. The van der Waals surface area contributed by atoms with Crippen molar-refractivity contribution in [1.29, 1.82) is 0 Å². The predicted molar refractivity (Wildman–Crippen MR) is 98.1 cm³/mol. The van der Waals surface area contributed by atoms with Crippen molar-refractivity contribution in [1.82, 2.24) is 4.90 Å².